The van der Waals surface area contributed by atoms with E-state index in [1.54, 1.807) is 52.8 Å². The van der Waals surface area contributed by atoms with E-state index in [1.807, 2.05) is 0 Å². The smallest absolute Gasteiger partial charge is 0.348 e. The number of aliphatic hydroxyl groups is 1. The molecule has 4 rings (SSSR count). The average molecular weight is 715 g/mol. The summed E-state index contributed by atoms with van der Waals surface area (Å²) < 4.78 is 32.6. The fraction of sp³-hybridized carbons (Fsp3) is 0.556. The van der Waals surface area contributed by atoms with Crippen LogP contribution in [0.3, 0.4) is 0 Å². The van der Waals surface area contributed by atoms with E-state index < -0.39 is 77.2 Å². The van der Waals surface area contributed by atoms with Gasteiger partial charge < -0.3 is 44.2 Å². The zero-order valence-corrected chi connectivity index (χ0v) is 29.4. The minimum atomic E-state index is -1.02. The van der Waals surface area contributed by atoms with Crippen molar-refractivity contribution in [1.29, 1.82) is 0 Å². The van der Waals surface area contributed by atoms with Gasteiger partial charge in [-0.1, -0.05) is 26.0 Å². The maximum absolute atomic E-state index is 13.2. The minimum Gasteiger partial charge on any atom is -0.462 e. The molecule has 0 spiro atoms. The van der Waals surface area contributed by atoms with Crippen LogP contribution in [0.4, 0.5) is 0 Å². The van der Waals surface area contributed by atoms with Crippen LogP contribution in [-0.4, -0.2) is 103 Å². The summed E-state index contributed by atoms with van der Waals surface area (Å²) in [4.78, 5) is 75.0. The highest BCUT2D eigenvalue weighted by atomic mass is 16.7. The van der Waals surface area contributed by atoms with Gasteiger partial charge >= 0.3 is 23.9 Å². The first-order valence-electron chi connectivity index (χ1n) is 16.7. The maximum Gasteiger partial charge on any atom is 0.348 e. The van der Waals surface area contributed by atoms with Gasteiger partial charge in [-0.25, -0.2) is 14.4 Å². The zero-order chi connectivity index (χ0) is 37.3. The molecule has 278 valence electrons. The highest BCUT2D eigenvalue weighted by molar-refractivity contribution is 5.95. The van der Waals surface area contributed by atoms with Crippen molar-refractivity contribution in [3.63, 3.8) is 0 Å². The Balaban J connectivity index is 1.27. The van der Waals surface area contributed by atoms with Crippen LogP contribution in [-0.2, 0) is 52.4 Å². The Bertz CT molecular complexity index is 1540. The maximum atomic E-state index is 13.2. The molecule has 0 radical (unpaired) electrons. The molecule has 0 aromatic heterocycles. The number of amides is 2. The molecule has 15 heteroatoms. The number of fused-ring (bicyclic) bond motifs is 1. The molecule has 1 aromatic rings. The SMILES string of the molecule is CC(C)(C)OC(=O)CCC(CO)NC(=O)CCNC(=O)C1=CC2OCOC2C(OC(=O)c2cccc(C=CC(=O)OC3C(=O)OCC3(C)C)c2)C1. The molecule has 0 bridgehead atoms. The van der Waals surface area contributed by atoms with Gasteiger partial charge in [0.2, 0.25) is 17.9 Å². The van der Waals surface area contributed by atoms with E-state index in [1.165, 1.54) is 18.2 Å². The molecular weight excluding hydrogens is 668 g/mol. The van der Waals surface area contributed by atoms with Crippen molar-refractivity contribution in [2.75, 3.05) is 26.6 Å². The Morgan fingerprint density at radius 3 is 2.55 bits per heavy atom. The van der Waals surface area contributed by atoms with E-state index >= 15 is 0 Å². The predicted octanol–water partition coefficient (Wildman–Crippen LogP) is 1.90. The summed E-state index contributed by atoms with van der Waals surface area (Å²) in [6.07, 6.45) is 1.18. The highest BCUT2D eigenvalue weighted by Gasteiger charge is 2.46. The van der Waals surface area contributed by atoms with Gasteiger partial charge in [0.15, 0.2) is 0 Å². The van der Waals surface area contributed by atoms with E-state index in [2.05, 4.69) is 10.6 Å². The number of nitrogens with one attached hydrogen (secondary N) is 2. The molecule has 2 fully saturated rings. The Morgan fingerprint density at radius 2 is 1.86 bits per heavy atom. The first-order valence-corrected chi connectivity index (χ1v) is 16.7. The lowest BCUT2D eigenvalue weighted by molar-refractivity contribution is -0.159. The monoisotopic (exact) mass is 714 g/mol. The first kappa shape index (κ1) is 39.2. The van der Waals surface area contributed by atoms with E-state index in [0.29, 0.717) is 5.56 Å². The molecular formula is C36H46N2O13. The summed E-state index contributed by atoms with van der Waals surface area (Å²) in [6, 6.07) is 5.67. The molecule has 2 aliphatic heterocycles. The molecule has 2 heterocycles. The van der Waals surface area contributed by atoms with Crippen molar-refractivity contribution in [2.45, 2.75) is 96.4 Å². The van der Waals surface area contributed by atoms with Crippen LogP contribution in [0.5, 0.6) is 0 Å². The number of carbonyl (C=O) groups is 6. The van der Waals surface area contributed by atoms with E-state index in [0.717, 1.165) is 6.08 Å². The number of ether oxygens (including phenoxy) is 6. The first-order chi connectivity index (χ1) is 24.0. The number of aliphatic hydroxyl groups excluding tert-OH is 1. The molecule has 1 aromatic carbocycles. The number of cyclic esters (lactones) is 1. The summed E-state index contributed by atoms with van der Waals surface area (Å²) in [5, 5.41) is 15.0. The highest BCUT2D eigenvalue weighted by Crippen LogP contribution is 2.32. The second-order valence-electron chi connectivity index (χ2n) is 14.2. The molecule has 0 saturated carbocycles. The van der Waals surface area contributed by atoms with Gasteiger partial charge in [-0.05, 0) is 57.0 Å². The van der Waals surface area contributed by atoms with Gasteiger partial charge in [-0.15, -0.1) is 0 Å². The second-order valence-corrected chi connectivity index (χ2v) is 14.2. The fourth-order valence-electron chi connectivity index (χ4n) is 5.55. The van der Waals surface area contributed by atoms with Crippen LogP contribution < -0.4 is 10.6 Å². The van der Waals surface area contributed by atoms with E-state index in [9.17, 15) is 33.9 Å². The molecule has 51 heavy (non-hydrogen) atoms. The summed E-state index contributed by atoms with van der Waals surface area (Å²) >= 11 is 0. The number of rotatable bonds is 14. The van der Waals surface area contributed by atoms with E-state index in [-0.39, 0.29) is 63.4 Å². The number of hydrogen-bond donors (Lipinski definition) is 3. The van der Waals surface area contributed by atoms with Gasteiger partial charge in [0.05, 0.1) is 18.2 Å². The van der Waals surface area contributed by atoms with Crippen LogP contribution in [0.15, 0.2) is 42.0 Å². The van der Waals surface area contributed by atoms with Crippen LogP contribution >= 0.6 is 0 Å². The van der Waals surface area contributed by atoms with Crippen LogP contribution in [0.25, 0.3) is 6.08 Å². The molecule has 3 aliphatic rings. The molecule has 1 aliphatic carbocycles. The normalized spacial score (nSPS) is 23.0. The molecule has 2 amide bonds. The number of benzene rings is 1. The van der Waals surface area contributed by atoms with Crippen LogP contribution in [0.1, 0.15) is 76.2 Å². The third-order valence-electron chi connectivity index (χ3n) is 8.17. The van der Waals surface area contributed by atoms with Crippen molar-refractivity contribution < 1.29 is 62.3 Å². The lowest BCUT2D eigenvalue weighted by atomic mass is 9.90. The second kappa shape index (κ2) is 17.1. The third kappa shape index (κ3) is 11.5. The van der Waals surface area contributed by atoms with Crippen molar-refractivity contribution in [3.8, 4) is 0 Å². The lowest BCUT2D eigenvalue weighted by Gasteiger charge is -2.30. The zero-order valence-electron chi connectivity index (χ0n) is 29.4. The van der Waals surface area contributed by atoms with Crippen molar-refractivity contribution >= 4 is 41.8 Å². The molecule has 15 nitrogen and oxygen atoms in total. The van der Waals surface area contributed by atoms with Crippen LogP contribution in [0.2, 0.25) is 0 Å². The Morgan fingerprint density at radius 1 is 1.10 bits per heavy atom. The summed E-state index contributed by atoms with van der Waals surface area (Å²) in [6.45, 7) is 8.46. The molecule has 5 atom stereocenters. The van der Waals surface area contributed by atoms with Gasteiger partial charge in [0, 0.05) is 42.9 Å². The minimum absolute atomic E-state index is 0.0154. The van der Waals surface area contributed by atoms with Crippen molar-refractivity contribution in [2.24, 2.45) is 5.41 Å². The Labute approximate surface area is 296 Å². The molecule has 5 unspecified atom stereocenters. The Hall–Kier alpha value is -4.60. The van der Waals surface area contributed by atoms with Gasteiger partial charge in [-0.2, -0.15) is 0 Å². The number of carbonyl (C=O) groups excluding carboxylic acids is 6. The van der Waals surface area contributed by atoms with Crippen LogP contribution in [0, 0.1) is 5.41 Å². The largest absolute Gasteiger partial charge is 0.462 e. The van der Waals surface area contributed by atoms with E-state index in [4.69, 9.17) is 28.4 Å². The quantitative estimate of drug-likeness (QED) is 0.143. The number of hydrogen-bond acceptors (Lipinski definition) is 13. The lowest BCUT2D eigenvalue weighted by Crippen LogP contribution is -2.44. The number of esters is 4. The molecule has 3 N–H and O–H groups in total. The summed E-state index contributed by atoms with van der Waals surface area (Å²) in [7, 11) is 0. The predicted molar refractivity (Wildman–Crippen MR) is 178 cm³/mol. The Kier molecular flexibility index (Phi) is 13.1. The van der Waals surface area contributed by atoms with Crippen molar-refractivity contribution in [1.82, 2.24) is 10.6 Å². The fourth-order valence-corrected chi connectivity index (χ4v) is 5.55. The third-order valence-corrected chi connectivity index (χ3v) is 8.17. The van der Waals surface area contributed by atoms with Gasteiger partial charge in [0.1, 0.15) is 37.3 Å². The average Bonchev–Trinajstić information content (AvgIpc) is 3.65. The van der Waals surface area contributed by atoms with Crippen molar-refractivity contribution in [3.05, 3.63) is 53.1 Å². The van der Waals surface area contributed by atoms with Gasteiger partial charge in [-0.3, -0.25) is 14.4 Å². The summed E-state index contributed by atoms with van der Waals surface area (Å²) in [5.41, 5.74) is -0.330. The molecule has 2 saturated heterocycles. The summed E-state index contributed by atoms with van der Waals surface area (Å²) in [5.74, 6) is -3.37. The standard InChI is InChI=1S/C36H46N2O13/c1-35(2,3)51-29(42)12-10-24(18-39)38-27(40)13-14-37-32(43)23-16-25-30(48-20-47-25)26(17-23)49-33(44)22-8-6-7-21(15-22)9-11-28(41)50-31-34(45)46-19-36(31,4)5/h6-9,11,15-16,24-26,30-31,39H,10,12-14,17-20H2,1-5H3,(H,37,43)(H,38,40). The topological polar surface area (TPSA) is 202 Å². The van der Waals surface area contributed by atoms with Gasteiger partial charge in [0.25, 0.3) is 0 Å².